The Bertz CT molecular complexity index is 383. The summed E-state index contributed by atoms with van der Waals surface area (Å²) < 4.78 is 5.36. The summed E-state index contributed by atoms with van der Waals surface area (Å²) in [5.74, 6) is 0.977. The molecule has 1 rings (SSSR count). The Morgan fingerprint density at radius 2 is 2.06 bits per heavy atom. The van der Waals surface area contributed by atoms with Gasteiger partial charge in [0.15, 0.2) is 0 Å². The zero-order valence-electron chi connectivity index (χ0n) is 12.0. The molecule has 18 heavy (non-hydrogen) atoms. The lowest BCUT2D eigenvalue weighted by Crippen LogP contribution is -2.23. The lowest BCUT2D eigenvalue weighted by Gasteiger charge is -2.07. The number of hydrogen-bond acceptors (Lipinski definition) is 2. The highest BCUT2D eigenvalue weighted by Crippen LogP contribution is 2.20. The van der Waals surface area contributed by atoms with Crippen molar-refractivity contribution in [2.24, 2.45) is 0 Å². The summed E-state index contributed by atoms with van der Waals surface area (Å²) >= 11 is 0. The highest BCUT2D eigenvalue weighted by molar-refractivity contribution is 5.38. The van der Waals surface area contributed by atoms with Crippen molar-refractivity contribution in [1.29, 1.82) is 0 Å². The average molecular weight is 247 g/mol. The van der Waals surface area contributed by atoms with Crippen LogP contribution >= 0.6 is 0 Å². The largest absolute Gasteiger partial charge is 0.496 e. The molecule has 2 nitrogen and oxygen atoms in total. The van der Waals surface area contributed by atoms with Crippen LogP contribution in [0.1, 0.15) is 31.4 Å². The topological polar surface area (TPSA) is 21.3 Å². The maximum atomic E-state index is 5.36. The first kappa shape index (κ1) is 14.8. The Labute approximate surface area is 111 Å². The van der Waals surface area contributed by atoms with E-state index < -0.39 is 0 Å². The normalized spacial score (nSPS) is 11.4. The molecule has 0 unspecified atom stereocenters. The summed E-state index contributed by atoms with van der Waals surface area (Å²) in [4.78, 5) is 0. The second-order valence-electron chi connectivity index (χ2n) is 4.89. The number of nitrogens with one attached hydrogen (secondary N) is 1. The first-order chi connectivity index (χ1) is 8.63. The quantitative estimate of drug-likeness (QED) is 0.588. The fraction of sp³-hybridized carbons (Fsp3) is 0.500. The van der Waals surface area contributed by atoms with E-state index in [-0.39, 0.29) is 0 Å². The zero-order valence-corrected chi connectivity index (χ0v) is 12.0. The van der Waals surface area contributed by atoms with Gasteiger partial charge < -0.3 is 10.1 Å². The van der Waals surface area contributed by atoms with Crippen LogP contribution in [-0.2, 0) is 6.42 Å². The van der Waals surface area contributed by atoms with Crippen molar-refractivity contribution < 1.29 is 4.74 Å². The fourth-order valence-corrected chi connectivity index (χ4v) is 1.85. The van der Waals surface area contributed by atoms with Crippen molar-refractivity contribution in [3.05, 3.63) is 41.5 Å². The Hall–Kier alpha value is -1.28. The van der Waals surface area contributed by atoms with Gasteiger partial charge in [-0.2, -0.15) is 0 Å². The standard InChI is InChI=1S/C16H25NO/c1-13(2)17-11-7-5-6-8-15-12-14(3)9-10-16(15)18-4/h5-6,9-10,12-13,17H,7-8,11H2,1-4H3. The van der Waals surface area contributed by atoms with E-state index in [4.69, 9.17) is 4.74 Å². The average Bonchev–Trinajstić information content (AvgIpc) is 2.33. The van der Waals surface area contributed by atoms with Crippen LogP contribution in [0, 0.1) is 6.92 Å². The molecule has 0 spiro atoms. The maximum absolute atomic E-state index is 5.36. The van der Waals surface area contributed by atoms with E-state index in [0.29, 0.717) is 6.04 Å². The minimum atomic E-state index is 0.565. The summed E-state index contributed by atoms with van der Waals surface area (Å²) in [6, 6.07) is 6.88. The lowest BCUT2D eigenvalue weighted by atomic mass is 10.1. The Morgan fingerprint density at radius 1 is 1.28 bits per heavy atom. The van der Waals surface area contributed by atoms with Gasteiger partial charge in [0.05, 0.1) is 7.11 Å². The number of methoxy groups -OCH3 is 1. The molecule has 1 aromatic carbocycles. The molecular formula is C16H25NO. The van der Waals surface area contributed by atoms with Crippen LogP contribution in [0.4, 0.5) is 0 Å². The number of benzene rings is 1. The van der Waals surface area contributed by atoms with E-state index in [1.54, 1.807) is 7.11 Å². The van der Waals surface area contributed by atoms with Crippen molar-refractivity contribution in [2.45, 2.75) is 39.7 Å². The van der Waals surface area contributed by atoms with Crippen molar-refractivity contribution in [3.63, 3.8) is 0 Å². The van der Waals surface area contributed by atoms with Crippen molar-refractivity contribution in [2.75, 3.05) is 13.7 Å². The Kier molecular flexibility index (Phi) is 6.51. The van der Waals surface area contributed by atoms with Crippen LogP contribution < -0.4 is 10.1 Å². The molecule has 0 radical (unpaired) electrons. The van der Waals surface area contributed by atoms with Crippen molar-refractivity contribution >= 4 is 0 Å². The minimum Gasteiger partial charge on any atom is -0.496 e. The predicted octanol–water partition coefficient (Wildman–Crippen LogP) is 3.49. The Balaban J connectivity index is 2.42. The smallest absolute Gasteiger partial charge is 0.122 e. The predicted molar refractivity (Wildman–Crippen MR) is 78.3 cm³/mol. The molecule has 0 heterocycles. The molecule has 0 aromatic heterocycles. The van der Waals surface area contributed by atoms with Gasteiger partial charge >= 0.3 is 0 Å². The van der Waals surface area contributed by atoms with Crippen LogP contribution in [0.2, 0.25) is 0 Å². The van der Waals surface area contributed by atoms with E-state index in [1.807, 2.05) is 6.07 Å². The number of ether oxygens (including phenoxy) is 1. The number of hydrogen-bond donors (Lipinski definition) is 1. The first-order valence-electron chi connectivity index (χ1n) is 6.65. The molecule has 0 atom stereocenters. The van der Waals surface area contributed by atoms with Crippen LogP contribution in [-0.4, -0.2) is 19.7 Å². The third-order valence-corrected chi connectivity index (χ3v) is 2.80. The van der Waals surface area contributed by atoms with Gasteiger partial charge in [-0.25, -0.2) is 0 Å². The maximum Gasteiger partial charge on any atom is 0.122 e. The number of aryl methyl sites for hydroxylation is 1. The summed E-state index contributed by atoms with van der Waals surface area (Å²) in [7, 11) is 1.73. The highest BCUT2D eigenvalue weighted by atomic mass is 16.5. The van der Waals surface area contributed by atoms with Crippen LogP contribution in [0.15, 0.2) is 30.4 Å². The summed E-state index contributed by atoms with van der Waals surface area (Å²) in [6.07, 6.45) is 6.47. The molecule has 0 aliphatic heterocycles. The summed E-state index contributed by atoms with van der Waals surface area (Å²) in [6.45, 7) is 7.49. The van der Waals surface area contributed by atoms with Gasteiger partial charge in [-0.3, -0.25) is 0 Å². The molecule has 0 amide bonds. The van der Waals surface area contributed by atoms with Gasteiger partial charge in [-0.1, -0.05) is 43.7 Å². The molecule has 0 fully saturated rings. The van der Waals surface area contributed by atoms with Crippen molar-refractivity contribution in [1.82, 2.24) is 5.32 Å². The second kappa shape index (κ2) is 7.93. The zero-order chi connectivity index (χ0) is 13.4. The van der Waals surface area contributed by atoms with E-state index in [9.17, 15) is 0 Å². The molecule has 0 saturated heterocycles. The lowest BCUT2D eigenvalue weighted by molar-refractivity contribution is 0.410. The second-order valence-corrected chi connectivity index (χ2v) is 4.89. The SMILES string of the molecule is COc1ccc(C)cc1CC=CCCNC(C)C. The molecule has 1 N–H and O–H groups in total. The molecule has 0 aliphatic rings. The van der Waals surface area contributed by atoms with Crippen LogP contribution in [0.3, 0.4) is 0 Å². The molecule has 1 aromatic rings. The molecular weight excluding hydrogens is 222 g/mol. The molecule has 0 aliphatic carbocycles. The van der Waals surface area contributed by atoms with E-state index in [2.05, 4.69) is 50.4 Å². The molecule has 0 bridgehead atoms. The van der Waals surface area contributed by atoms with E-state index in [0.717, 1.165) is 25.1 Å². The fourth-order valence-electron chi connectivity index (χ4n) is 1.85. The van der Waals surface area contributed by atoms with Gasteiger partial charge in [0.2, 0.25) is 0 Å². The number of allylic oxidation sites excluding steroid dienone is 1. The Morgan fingerprint density at radius 3 is 2.72 bits per heavy atom. The van der Waals surface area contributed by atoms with Gasteiger partial charge in [0, 0.05) is 6.04 Å². The van der Waals surface area contributed by atoms with Crippen LogP contribution in [0.5, 0.6) is 5.75 Å². The van der Waals surface area contributed by atoms with Crippen LogP contribution in [0.25, 0.3) is 0 Å². The van der Waals surface area contributed by atoms with Gasteiger partial charge in [0.1, 0.15) is 5.75 Å². The molecule has 100 valence electrons. The number of rotatable bonds is 7. The third-order valence-electron chi connectivity index (χ3n) is 2.80. The minimum absolute atomic E-state index is 0.565. The summed E-state index contributed by atoms with van der Waals surface area (Å²) in [5, 5.41) is 3.40. The summed E-state index contributed by atoms with van der Waals surface area (Å²) in [5.41, 5.74) is 2.53. The van der Waals surface area contributed by atoms with E-state index >= 15 is 0 Å². The van der Waals surface area contributed by atoms with Gasteiger partial charge in [-0.05, 0) is 37.9 Å². The molecule has 2 heteroatoms. The van der Waals surface area contributed by atoms with Crippen molar-refractivity contribution in [3.8, 4) is 5.75 Å². The first-order valence-corrected chi connectivity index (χ1v) is 6.65. The monoisotopic (exact) mass is 247 g/mol. The third kappa shape index (κ3) is 5.37. The molecule has 0 saturated carbocycles. The van der Waals surface area contributed by atoms with E-state index in [1.165, 1.54) is 11.1 Å². The van der Waals surface area contributed by atoms with Gasteiger partial charge in [0.25, 0.3) is 0 Å². The van der Waals surface area contributed by atoms with Gasteiger partial charge in [-0.15, -0.1) is 0 Å². The highest BCUT2D eigenvalue weighted by Gasteiger charge is 2.00.